The molecule has 3 aromatic rings. The summed E-state index contributed by atoms with van der Waals surface area (Å²) in [6.07, 6.45) is 1.08. The molecule has 0 radical (unpaired) electrons. The van der Waals surface area contributed by atoms with E-state index in [2.05, 4.69) is 73.8 Å². The Morgan fingerprint density at radius 1 is 0.857 bits per heavy atom. The Morgan fingerprint density at radius 2 is 1.62 bits per heavy atom. The Hall–Kier alpha value is -2.28. The van der Waals surface area contributed by atoms with Crippen molar-refractivity contribution in [2.24, 2.45) is 0 Å². The van der Waals surface area contributed by atoms with Crippen molar-refractivity contribution in [3.8, 4) is 0 Å². The van der Waals surface area contributed by atoms with Crippen LogP contribution in [0.3, 0.4) is 0 Å². The van der Waals surface area contributed by atoms with Gasteiger partial charge in [0, 0.05) is 5.69 Å². The van der Waals surface area contributed by atoms with E-state index in [0.717, 1.165) is 6.42 Å². The average Bonchev–Trinajstić information content (AvgIpc) is 2.90. The van der Waals surface area contributed by atoms with Gasteiger partial charge in [-0.1, -0.05) is 42.5 Å². The normalized spacial score (nSPS) is 16.8. The van der Waals surface area contributed by atoms with E-state index in [1.165, 1.54) is 38.7 Å². The third-order valence-electron chi connectivity index (χ3n) is 4.65. The number of anilines is 1. The second-order valence-electron chi connectivity index (χ2n) is 6.10. The number of aryl methyl sites for hydroxylation is 2. The molecule has 4 rings (SSSR count). The third kappa shape index (κ3) is 2.09. The van der Waals surface area contributed by atoms with Gasteiger partial charge in [0.25, 0.3) is 0 Å². The Kier molecular flexibility index (Phi) is 2.75. The molecule has 1 N–H and O–H groups in total. The predicted octanol–water partition coefficient (Wildman–Crippen LogP) is 5.17. The maximum absolute atomic E-state index is 3.68. The summed E-state index contributed by atoms with van der Waals surface area (Å²) in [4.78, 5) is 0. The van der Waals surface area contributed by atoms with Crippen LogP contribution in [0.15, 0.2) is 54.6 Å². The molecule has 1 heteroatoms. The fourth-order valence-electron chi connectivity index (χ4n) is 3.26. The Bertz CT molecular complexity index is 801. The molecule has 0 aliphatic carbocycles. The van der Waals surface area contributed by atoms with Crippen LogP contribution in [0.1, 0.15) is 28.3 Å². The molecule has 1 heterocycles. The van der Waals surface area contributed by atoms with Crippen LogP contribution < -0.4 is 5.32 Å². The summed E-state index contributed by atoms with van der Waals surface area (Å²) in [5.41, 5.74) is 6.86. The number of rotatable bonds is 1. The van der Waals surface area contributed by atoms with Crippen molar-refractivity contribution in [3.05, 3.63) is 76.9 Å². The lowest BCUT2D eigenvalue weighted by Gasteiger charge is -2.12. The van der Waals surface area contributed by atoms with E-state index in [1.54, 1.807) is 0 Å². The molecule has 21 heavy (non-hydrogen) atoms. The first kappa shape index (κ1) is 12.5. The van der Waals surface area contributed by atoms with Crippen molar-refractivity contribution in [1.82, 2.24) is 0 Å². The summed E-state index contributed by atoms with van der Waals surface area (Å²) < 4.78 is 0. The van der Waals surface area contributed by atoms with Gasteiger partial charge in [-0.05, 0) is 65.4 Å². The zero-order valence-electron chi connectivity index (χ0n) is 12.5. The zero-order valence-corrected chi connectivity index (χ0v) is 12.5. The van der Waals surface area contributed by atoms with E-state index in [0.29, 0.717) is 6.04 Å². The van der Waals surface area contributed by atoms with Crippen LogP contribution >= 0.6 is 0 Å². The van der Waals surface area contributed by atoms with Crippen LogP contribution in [-0.2, 0) is 6.42 Å². The van der Waals surface area contributed by atoms with Gasteiger partial charge in [-0.2, -0.15) is 0 Å². The van der Waals surface area contributed by atoms with Gasteiger partial charge in [0.2, 0.25) is 0 Å². The highest BCUT2D eigenvalue weighted by Crippen LogP contribution is 2.36. The molecule has 0 aromatic heterocycles. The summed E-state index contributed by atoms with van der Waals surface area (Å²) >= 11 is 0. The number of hydrogen-bond donors (Lipinski definition) is 1. The van der Waals surface area contributed by atoms with Crippen LogP contribution in [0, 0.1) is 13.8 Å². The molecule has 3 aromatic carbocycles. The van der Waals surface area contributed by atoms with Crippen molar-refractivity contribution in [1.29, 1.82) is 0 Å². The highest BCUT2D eigenvalue weighted by atomic mass is 14.9. The maximum Gasteiger partial charge on any atom is 0.0555 e. The summed E-state index contributed by atoms with van der Waals surface area (Å²) in [6.45, 7) is 4.37. The lowest BCUT2D eigenvalue weighted by molar-refractivity contribution is 0.825. The lowest BCUT2D eigenvalue weighted by atomic mass is 9.98. The van der Waals surface area contributed by atoms with Gasteiger partial charge < -0.3 is 5.32 Å². The Labute approximate surface area is 125 Å². The van der Waals surface area contributed by atoms with E-state index < -0.39 is 0 Å². The molecule has 0 fully saturated rings. The molecule has 0 saturated heterocycles. The summed E-state index contributed by atoms with van der Waals surface area (Å²) in [6, 6.07) is 20.4. The summed E-state index contributed by atoms with van der Waals surface area (Å²) in [5, 5.41) is 6.31. The first-order chi connectivity index (χ1) is 10.2. The number of nitrogens with one attached hydrogen (secondary N) is 1. The standard InChI is InChI=1S/C20H19N/c1-13-9-18-12-20(21-19(18)10-14(13)2)17-8-7-15-5-3-4-6-16(15)11-17/h3-11,20-21H,12H2,1-2H3. The predicted molar refractivity (Wildman–Crippen MR) is 89.9 cm³/mol. The minimum atomic E-state index is 0.394. The second-order valence-corrected chi connectivity index (χ2v) is 6.10. The van der Waals surface area contributed by atoms with Gasteiger partial charge in [-0.25, -0.2) is 0 Å². The van der Waals surface area contributed by atoms with Crippen molar-refractivity contribution < 1.29 is 0 Å². The van der Waals surface area contributed by atoms with E-state index in [9.17, 15) is 0 Å². The molecule has 0 bridgehead atoms. The molecular formula is C20H19N. The zero-order chi connectivity index (χ0) is 14.4. The molecule has 1 aliphatic rings. The van der Waals surface area contributed by atoms with E-state index in [4.69, 9.17) is 0 Å². The fourth-order valence-corrected chi connectivity index (χ4v) is 3.26. The molecule has 1 aliphatic heterocycles. The van der Waals surface area contributed by atoms with Gasteiger partial charge in [0.05, 0.1) is 6.04 Å². The first-order valence-electron chi connectivity index (χ1n) is 7.56. The number of hydrogen-bond acceptors (Lipinski definition) is 1. The number of benzene rings is 3. The van der Waals surface area contributed by atoms with Gasteiger partial charge in [-0.3, -0.25) is 0 Å². The smallest absolute Gasteiger partial charge is 0.0555 e. The molecule has 1 nitrogen and oxygen atoms in total. The fraction of sp³-hybridized carbons (Fsp3) is 0.200. The van der Waals surface area contributed by atoms with Crippen LogP contribution in [0.25, 0.3) is 10.8 Å². The molecule has 1 atom stereocenters. The van der Waals surface area contributed by atoms with Gasteiger partial charge in [-0.15, -0.1) is 0 Å². The highest BCUT2D eigenvalue weighted by Gasteiger charge is 2.22. The average molecular weight is 273 g/mol. The minimum absolute atomic E-state index is 0.394. The molecule has 0 amide bonds. The van der Waals surface area contributed by atoms with Crippen LogP contribution in [-0.4, -0.2) is 0 Å². The number of fused-ring (bicyclic) bond motifs is 2. The van der Waals surface area contributed by atoms with Crippen molar-refractivity contribution >= 4 is 16.5 Å². The van der Waals surface area contributed by atoms with Crippen LogP contribution in [0.5, 0.6) is 0 Å². The monoisotopic (exact) mass is 273 g/mol. The Morgan fingerprint density at radius 3 is 2.48 bits per heavy atom. The second kappa shape index (κ2) is 4.63. The largest absolute Gasteiger partial charge is 0.378 e. The van der Waals surface area contributed by atoms with Crippen molar-refractivity contribution in [3.63, 3.8) is 0 Å². The molecular weight excluding hydrogens is 254 g/mol. The first-order valence-corrected chi connectivity index (χ1v) is 7.56. The summed E-state index contributed by atoms with van der Waals surface area (Å²) in [7, 11) is 0. The summed E-state index contributed by atoms with van der Waals surface area (Å²) in [5.74, 6) is 0. The Balaban J connectivity index is 1.71. The molecule has 104 valence electrons. The molecule has 1 unspecified atom stereocenters. The SMILES string of the molecule is Cc1cc2c(cc1C)NC(c1ccc3ccccc3c1)C2. The minimum Gasteiger partial charge on any atom is -0.378 e. The topological polar surface area (TPSA) is 12.0 Å². The highest BCUT2D eigenvalue weighted by molar-refractivity contribution is 5.83. The van der Waals surface area contributed by atoms with E-state index >= 15 is 0 Å². The van der Waals surface area contributed by atoms with Crippen molar-refractivity contribution in [2.75, 3.05) is 5.32 Å². The lowest BCUT2D eigenvalue weighted by Crippen LogP contribution is -2.05. The van der Waals surface area contributed by atoms with E-state index in [1.807, 2.05) is 0 Å². The third-order valence-corrected chi connectivity index (χ3v) is 4.65. The molecule has 0 spiro atoms. The van der Waals surface area contributed by atoms with Crippen LogP contribution in [0.4, 0.5) is 5.69 Å². The van der Waals surface area contributed by atoms with Crippen molar-refractivity contribution in [2.45, 2.75) is 26.3 Å². The van der Waals surface area contributed by atoms with E-state index in [-0.39, 0.29) is 0 Å². The maximum atomic E-state index is 3.68. The van der Waals surface area contributed by atoms with Gasteiger partial charge in [0.1, 0.15) is 0 Å². The van der Waals surface area contributed by atoms with Gasteiger partial charge in [0.15, 0.2) is 0 Å². The van der Waals surface area contributed by atoms with Crippen LogP contribution in [0.2, 0.25) is 0 Å². The molecule has 0 saturated carbocycles. The quantitative estimate of drug-likeness (QED) is 0.645. The van der Waals surface area contributed by atoms with Gasteiger partial charge >= 0.3 is 0 Å².